The van der Waals surface area contributed by atoms with Gasteiger partial charge in [0.2, 0.25) is 0 Å². The first kappa shape index (κ1) is 16.2. The van der Waals surface area contributed by atoms with Crippen molar-refractivity contribution in [3.63, 3.8) is 0 Å². The molecule has 6 heteroatoms. The van der Waals surface area contributed by atoms with Crippen molar-refractivity contribution in [1.82, 2.24) is 25.3 Å². The lowest BCUT2D eigenvalue weighted by Crippen LogP contribution is -2.58. The Morgan fingerprint density at radius 2 is 1.88 bits per heavy atom. The minimum Gasteiger partial charge on any atom is -0.352 e. The Hall–Kier alpha value is -1.95. The van der Waals surface area contributed by atoms with Gasteiger partial charge in [-0.3, -0.25) is 10.00 Å². The van der Waals surface area contributed by atoms with E-state index in [1.807, 2.05) is 0 Å². The van der Waals surface area contributed by atoms with Gasteiger partial charge in [-0.15, -0.1) is 5.10 Å². The molecular weight excluding hydrogens is 324 g/mol. The van der Waals surface area contributed by atoms with Crippen LogP contribution >= 0.6 is 0 Å². The molecule has 5 rings (SSSR count). The van der Waals surface area contributed by atoms with Crippen LogP contribution in [0.3, 0.4) is 0 Å². The molecule has 26 heavy (non-hydrogen) atoms. The summed E-state index contributed by atoms with van der Waals surface area (Å²) in [5.41, 5.74) is 6.76. The van der Waals surface area contributed by atoms with Crippen LogP contribution in [0.5, 0.6) is 0 Å². The number of aryl methyl sites for hydroxylation is 3. The van der Waals surface area contributed by atoms with Gasteiger partial charge in [0.1, 0.15) is 0 Å². The zero-order valence-corrected chi connectivity index (χ0v) is 15.7. The Bertz CT molecular complexity index is 792. The fraction of sp³-hybridized carbons (Fsp3) is 0.650. The summed E-state index contributed by atoms with van der Waals surface area (Å²) in [6, 6.07) is 2.85. The quantitative estimate of drug-likeness (QED) is 0.915. The maximum absolute atomic E-state index is 4.60. The van der Waals surface area contributed by atoms with Crippen molar-refractivity contribution in [3.8, 4) is 0 Å². The van der Waals surface area contributed by atoms with Gasteiger partial charge in [0.05, 0.1) is 11.4 Å². The molecule has 0 atom stereocenters. The second-order valence-electron chi connectivity index (χ2n) is 8.19. The molecule has 0 amide bonds. The SMILES string of the molecule is CN(Cc1n[nH]c2c1CCCC2)C1CN(c2cc3c(nn2)CCCC3)C1. The van der Waals surface area contributed by atoms with E-state index in [-0.39, 0.29) is 0 Å². The first-order valence-corrected chi connectivity index (χ1v) is 10.1. The van der Waals surface area contributed by atoms with Crippen LogP contribution in [-0.4, -0.2) is 51.5 Å². The minimum atomic E-state index is 0.573. The van der Waals surface area contributed by atoms with Crippen molar-refractivity contribution < 1.29 is 0 Å². The van der Waals surface area contributed by atoms with Crippen LogP contribution in [-0.2, 0) is 32.2 Å². The number of nitrogens with zero attached hydrogens (tertiary/aromatic N) is 5. The number of anilines is 1. The monoisotopic (exact) mass is 352 g/mol. The van der Waals surface area contributed by atoms with E-state index in [0.29, 0.717) is 6.04 Å². The lowest BCUT2D eigenvalue weighted by molar-refractivity contribution is 0.194. The third-order valence-corrected chi connectivity index (χ3v) is 6.41. The fourth-order valence-corrected chi connectivity index (χ4v) is 4.60. The molecule has 3 aliphatic rings. The molecule has 1 N–H and O–H groups in total. The number of likely N-dealkylation sites (N-methyl/N-ethyl adjacent to an activating group) is 1. The highest BCUT2D eigenvalue weighted by atomic mass is 15.4. The number of nitrogens with one attached hydrogen (secondary N) is 1. The van der Waals surface area contributed by atoms with E-state index >= 15 is 0 Å². The summed E-state index contributed by atoms with van der Waals surface area (Å²) in [5, 5.41) is 16.8. The largest absolute Gasteiger partial charge is 0.352 e. The summed E-state index contributed by atoms with van der Waals surface area (Å²) in [7, 11) is 2.23. The molecular formula is C20H28N6. The average molecular weight is 352 g/mol. The molecule has 1 fully saturated rings. The van der Waals surface area contributed by atoms with Gasteiger partial charge in [-0.05, 0) is 75.6 Å². The fourth-order valence-electron chi connectivity index (χ4n) is 4.60. The summed E-state index contributed by atoms with van der Waals surface area (Å²) in [5.74, 6) is 1.06. The summed E-state index contributed by atoms with van der Waals surface area (Å²) < 4.78 is 0. The van der Waals surface area contributed by atoms with Gasteiger partial charge < -0.3 is 4.90 Å². The third kappa shape index (κ3) is 2.90. The van der Waals surface area contributed by atoms with Crippen molar-refractivity contribution in [2.75, 3.05) is 25.0 Å². The highest BCUT2D eigenvalue weighted by Crippen LogP contribution is 2.27. The van der Waals surface area contributed by atoms with E-state index in [1.54, 1.807) is 0 Å². The second kappa shape index (κ2) is 6.65. The first-order valence-electron chi connectivity index (χ1n) is 10.1. The Balaban J connectivity index is 1.21. The normalized spacial score (nSPS) is 20.0. The maximum atomic E-state index is 4.60. The number of hydrogen-bond donors (Lipinski definition) is 1. The molecule has 0 saturated carbocycles. The highest BCUT2D eigenvalue weighted by molar-refractivity contribution is 5.45. The van der Waals surface area contributed by atoms with E-state index in [4.69, 9.17) is 0 Å². The molecule has 0 aromatic carbocycles. The number of fused-ring (bicyclic) bond motifs is 2. The Kier molecular flexibility index (Phi) is 4.15. The topological polar surface area (TPSA) is 60.9 Å². The first-order chi connectivity index (χ1) is 12.8. The number of rotatable bonds is 4. The zero-order chi connectivity index (χ0) is 17.5. The number of aromatic amines is 1. The molecule has 2 aromatic rings. The predicted octanol–water partition coefficient (Wildman–Crippen LogP) is 2.28. The average Bonchev–Trinajstić information content (AvgIpc) is 3.03. The van der Waals surface area contributed by atoms with Gasteiger partial charge >= 0.3 is 0 Å². The van der Waals surface area contributed by atoms with E-state index in [9.17, 15) is 0 Å². The van der Waals surface area contributed by atoms with Gasteiger partial charge in [-0.25, -0.2) is 0 Å². The van der Waals surface area contributed by atoms with Crippen molar-refractivity contribution in [1.29, 1.82) is 0 Å². The molecule has 0 radical (unpaired) electrons. The molecule has 2 aliphatic carbocycles. The molecule has 1 saturated heterocycles. The molecule has 1 aliphatic heterocycles. The van der Waals surface area contributed by atoms with Gasteiger partial charge in [-0.2, -0.15) is 10.2 Å². The number of hydrogen-bond acceptors (Lipinski definition) is 5. The molecule has 2 aromatic heterocycles. The van der Waals surface area contributed by atoms with Crippen LogP contribution in [0.2, 0.25) is 0 Å². The third-order valence-electron chi connectivity index (χ3n) is 6.41. The lowest BCUT2D eigenvalue weighted by atomic mass is 9.95. The molecule has 138 valence electrons. The van der Waals surface area contributed by atoms with Crippen molar-refractivity contribution in [2.24, 2.45) is 0 Å². The summed E-state index contributed by atoms with van der Waals surface area (Å²) in [6.45, 7) is 3.02. The molecule has 6 nitrogen and oxygen atoms in total. The van der Waals surface area contributed by atoms with E-state index < -0.39 is 0 Å². The van der Waals surface area contributed by atoms with E-state index in [1.165, 1.54) is 73.2 Å². The number of aromatic nitrogens is 4. The standard InChI is InChI=1S/C20H28N6/c1-25(13-19-16-7-3-5-9-18(16)22-23-19)15-11-26(12-15)20-10-14-6-2-4-8-17(14)21-24-20/h10,15H,2-9,11-13H2,1H3,(H,22,23). The lowest BCUT2D eigenvalue weighted by Gasteiger charge is -2.44. The molecule has 3 heterocycles. The zero-order valence-electron chi connectivity index (χ0n) is 15.7. The highest BCUT2D eigenvalue weighted by Gasteiger charge is 2.32. The van der Waals surface area contributed by atoms with Crippen LogP contribution in [0, 0.1) is 0 Å². The van der Waals surface area contributed by atoms with E-state index in [2.05, 4.69) is 43.3 Å². The van der Waals surface area contributed by atoms with Crippen LogP contribution in [0.25, 0.3) is 0 Å². The van der Waals surface area contributed by atoms with Crippen LogP contribution in [0.4, 0.5) is 5.82 Å². The van der Waals surface area contributed by atoms with Crippen molar-refractivity contribution >= 4 is 5.82 Å². The maximum Gasteiger partial charge on any atom is 0.151 e. The van der Waals surface area contributed by atoms with Gasteiger partial charge in [-0.1, -0.05) is 0 Å². The van der Waals surface area contributed by atoms with Crippen molar-refractivity contribution in [3.05, 3.63) is 34.3 Å². The smallest absolute Gasteiger partial charge is 0.151 e. The van der Waals surface area contributed by atoms with Crippen LogP contribution < -0.4 is 4.90 Å². The van der Waals surface area contributed by atoms with Crippen LogP contribution in [0.1, 0.15) is 53.9 Å². The minimum absolute atomic E-state index is 0.573. The van der Waals surface area contributed by atoms with E-state index in [0.717, 1.165) is 31.9 Å². The Morgan fingerprint density at radius 1 is 1.08 bits per heavy atom. The van der Waals surface area contributed by atoms with Gasteiger partial charge in [0, 0.05) is 31.4 Å². The van der Waals surface area contributed by atoms with Crippen molar-refractivity contribution in [2.45, 2.75) is 64.0 Å². The second-order valence-corrected chi connectivity index (χ2v) is 8.19. The Labute approximate surface area is 155 Å². The molecule has 0 spiro atoms. The molecule has 0 bridgehead atoms. The summed E-state index contributed by atoms with van der Waals surface area (Å²) in [4.78, 5) is 4.82. The molecule has 0 unspecified atom stereocenters. The van der Waals surface area contributed by atoms with Gasteiger partial charge in [0.25, 0.3) is 0 Å². The number of H-pyrrole nitrogens is 1. The predicted molar refractivity (Wildman–Crippen MR) is 101 cm³/mol. The Morgan fingerprint density at radius 3 is 2.81 bits per heavy atom. The van der Waals surface area contributed by atoms with Crippen LogP contribution in [0.15, 0.2) is 6.07 Å². The summed E-state index contributed by atoms with van der Waals surface area (Å²) >= 11 is 0. The summed E-state index contributed by atoms with van der Waals surface area (Å²) in [6.07, 6.45) is 9.77. The van der Waals surface area contributed by atoms with Gasteiger partial charge in [0.15, 0.2) is 5.82 Å².